The fraction of sp³-hybridized carbons (Fsp3) is 0.565. The lowest BCUT2D eigenvalue weighted by Gasteiger charge is -2.32. The fourth-order valence-corrected chi connectivity index (χ4v) is 4.79. The zero-order valence-corrected chi connectivity index (χ0v) is 20.2. The number of hydrogen-bond donors (Lipinski definition) is 2. The van der Waals surface area contributed by atoms with Crippen molar-refractivity contribution in [1.29, 1.82) is 5.26 Å². The Bertz CT molecular complexity index is 1020. The van der Waals surface area contributed by atoms with E-state index in [1.165, 1.54) is 22.5 Å². The summed E-state index contributed by atoms with van der Waals surface area (Å²) in [5.41, 5.74) is 0.134. The Kier molecular flexibility index (Phi) is 8.68. The fourth-order valence-electron chi connectivity index (χ4n) is 3.29. The van der Waals surface area contributed by atoms with Gasteiger partial charge in [-0.05, 0) is 65.3 Å². The van der Waals surface area contributed by atoms with Crippen LogP contribution in [0.4, 0.5) is 4.79 Å². The van der Waals surface area contributed by atoms with Crippen LogP contribution < -0.4 is 10.6 Å². The van der Waals surface area contributed by atoms with Crippen molar-refractivity contribution in [3.05, 3.63) is 29.3 Å². The molecule has 9 heteroatoms. The quantitative estimate of drug-likeness (QED) is 0.654. The number of piperidine rings is 1. The van der Waals surface area contributed by atoms with Gasteiger partial charge in [-0.15, -0.1) is 0 Å². The van der Waals surface area contributed by atoms with Crippen LogP contribution in [-0.2, 0) is 14.8 Å². The highest BCUT2D eigenvalue weighted by atomic mass is 32.2. The number of nitrogens with zero attached hydrogens (tertiary/aromatic N) is 2. The van der Waals surface area contributed by atoms with Crippen molar-refractivity contribution >= 4 is 16.1 Å². The maximum Gasteiger partial charge on any atom is 0.407 e. The first kappa shape index (κ1) is 25.7. The molecule has 1 aliphatic rings. The second-order valence-electron chi connectivity index (χ2n) is 8.69. The van der Waals surface area contributed by atoms with E-state index < -0.39 is 21.7 Å². The number of benzene rings is 1. The monoisotopic (exact) mass is 460 g/mol. The number of carbonyl (C=O) groups is 1. The van der Waals surface area contributed by atoms with E-state index in [4.69, 9.17) is 4.74 Å². The summed E-state index contributed by atoms with van der Waals surface area (Å²) < 4.78 is 33.0. The van der Waals surface area contributed by atoms with Crippen LogP contribution in [0.15, 0.2) is 23.1 Å². The molecule has 1 aromatic rings. The molecule has 32 heavy (non-hydrogen) atoms. The number of carbonyl (C=O) groups excluding carboxylic acids is 1. The molecule has 0 bridgehead atoms. The van der Waals surface area contributed by atoms with Crippen molar-refractivity contribution in [3.63, 3.8) is 0 Å². The van der Waals surface area contributed by atoms with E-state index >= 15 is 0 Å². The van der Waals surface area contributed by atoms with Gasteiger partial charge in [0, 0.05) is 24.7 Å². The normalized spacial score (nSPS) is 16.4. The molecule has 0 radical (unpaired) electrons. The smallest absolute Gasteiger partial charge is 0.407 e. The molecule has 1 saturated heterocycles. The third kappa shape index (κ3) is 7.23. The number of nitriles is 1. The predicted octanol–water partition coefficient (Wildman–Crippen LogP) is 2.59. The molecule has 1 aliphatic heterocycles. The van der Waals surface area contributed by atoms with Crippen molar-refractivity contribution in [3.8, 4) is 17.9 Å². The number of hydrogen-bond acceptors (Lipinski definition) is 6. The summed E-state index contributed by atoms with van der Waals surface area (Å²) in [6, 6.07) is 6.24. The third-order valence-corrected chi connectivity index (χ3v) is 6.75. The van der Waals surface area contributed by atoms with Gasteiger partial charge in [-0.25, -0.2) is 13.2 Å². The number of nitrogens with one attached hydrogen (secondary N) is 2. The molecule has 1 aromatic carbocycles. The zero-order valence-electron chi connectivity index (χ0n) is 19.4. The Morgan fingerprint density at radius 3 is 2.50 bits per heavy atom. The van der Waals surface area contributed by atoms with Crippen LogP contribution in [0.3, 0.4) is 0 Å². The van der Waals surface area contributed by atoms with Gasteiger partial charge in [0.1, 0.15) is 11.7 Å². The molecule has 2 N–H and O–H groups in total. The largest absolute Gasteiger partial charge is 0.444 e. The van der Waals surface area contributed by atoms with E-state index in [2.05, 4.69) is 28.5 Å². The van der Waals surface area contributed by atoms with Gasteiger partial charge in [-0.3, -0.25) is 0 Å². The summed E-state index contributed by atoms with van der Waals surface area (Å²) in [7, 11) is -3.74. The highest BCUT2D eigenvalue weighted by Crippen LogP contribution is 2.23. The zero-order chi connectivity index (χ0) is 23.9. The van der Waals surface area contributed by atoms with Gasteiger partial charge in [0.05, 0.1) is 16.5 Å². The molecule has 1 fully saturated rings. The number of alkyl carbamates (subject to hydrolysis) is 1. The van der Waals surface area contributed by atoms with E-state index in [0.717, 1.165) is 6.54 Å². The molecule has 1 atom stereocenters. The summed E-state index contributed by atoms with van der Waals surface area (Å²) in [6.45, 7) is 10.6. The lowest BCUT2D eigenvalue weighted by Crippen LogP contribution is -2.47. The van der Waals surface area contributed by atoms with Gasteiger partial charge in [-0.1, -0.05) is 18.8 Å². The minimum absolute atomic E-state index is 0.0803. The topological polar surface area (TPSA) is 112 Å². The molecule has 0 saturated carbocycles. The SMILES string of the molecule is CCNC(C)C#Cc1cc(S(=O)(=O)N2CCC(NC(=O)OC(C)(C)C)CC2)ccc1C#N. The van der Waals surface area contributed by atoms with Gasteiger partial charge in [-0.2, -0.15) is 9.57 Å². The van der Waals surface area contributed by atoms with Crippen LogP contribution in [-0.4, -0.2) is 56.1 Å². The van der Waals surface area contributed by atoms with Gasteiger partial charge in [0.2, 0.25) is 10.0 Å². The molecule has 8 nitrogen and oxygen atoms in total. The van der Waals surface area contributed by atoms with E-state index in [1.807, 2.05) is 13.8 Å². The molecule has 0 aliphatic carbocycles. The summed E-state index contributed by atoms with van der Waals surface area (Å²) in [5, 5.41) is 15.3. The van der Waals surface area contributed by atoms with Crippen molar-refractivity contribution in [2.75, 3.05) is 19.6 Å². The van der Waals surface area contributed by atoms with Crippen LogP contribution in [0.1, 0.15) is 58.6 Å². The van der Waals surface area contributed by atoms with E-state index in [0.29, 0.717) is 24.0 Å². The third-order valence-electron chi connectivity index (χ3n) is 4.86. The second kappa shape index (κ2) is 10.8. The van der Waals surface area contributed by atoms with Crippen LogP contribution in [0.25, 0.3) is 0 Å². The summed E-state index contributed by atoms with van der Waals surface area (Å²) in [6.07, 6.45) is 0.476. The van der Waals surface area contributed by atoms with Crippen LogP contribution in [0.2, 0.25) is 0 Å². The molecule has 0 aromatic heterocycles. The summed E-state index contributed by atoms with van der Waals surface area (Å²) in [5.74, 6) is 5.93. The molecule has 0 spiro atoms. The number of ether oxygens (including phenoxy) is 1. The number of rotatable bonds is 5. The van der Waals surface area contributed by atoms with Crippen LogP contribution >= 0.6 is 0 Å². The van der Waals surface area contributed by atoms with Gasteiger partial charge >= 0.3 is 6.09 Å². The highest BCUT2D eigenvalue weighted by molar-refractivity contribution is 7.89. The second-order valence-corrected chi connectivity index (χ2v) is 10.6. The molecule has 1 unspecified atom stereocenters. The van der Waals surface area contributed by atoms with Crippen molar-refractivity contribution in [1.82, 2.24) is 14.9 Å². The Balaban J connectivity index is 2.11. The summed E-state index contributed by atoms with van der Waals surface area (Å²) >= 11 is 0. The van der Waals surface area contributed by atoms with Gasteiger partial charge in [0.15, 0.2) is 0 Å². The molecule has 1 amide bonds. The Morgan fingerprint density at radius 1 is 1.28 bits per heavy atom. The minimum atomic E-state index is -3.74. The van der Waals surface area contributed by atoms with Crippen LogP contribution in [0, 0.1) is 23.2 Å². The van der Waals surface area contributed by atoms with E-state index in [1.54, 1.807) is 20.8 Å². The Labute approximate surface area is 191 Å². The molecule has 2 rings (SSSR count). The maximum atomic E-state index is 13.2. The van der Waals surface area contributed by atoms with Crippen molar-refractivity contribution < 1.29 is 17.9 Å². The van der Waals surface area contributed by atoms with Crippen molar-refractivity contribution in [2.45, 2.75) is 70.0 Å². The van der Waals surface area contributed by atoms with Crippen LogP contribution in [0.5, 0.6) is 0 Å². The molecule has 174 valence electrons. The first-order valence-corrected chi connectivity index (χ1v) is 12.2. The van der Waals surface area contributed by atoms with E-state index in [9.17, 15) is 18.5 Å². The lowest BCUT2D eigenvalue weighted by molar-refractivity contribution is 0.0489. The molecule has 1 heterocycles. The Hall–Kier alpha value is -2.59. The molecular weight excluding hydrogens is 428 g/mol. The number of sulfonamides is 1. The first-order chi connectivity index (χ1) is 15.0. The van der Waals surface area contributed by atoms with E-state index in [-0.39, 0.29) is 30.1 Å². The average molecular weight is 461 g/mol. The maximum absolute atomic E-state index is 13.2. The van der Waals surface area contributed by atoms with Gasteiger partial charge in [0.25, 0.3) is 0 Å². The highest BCUT2D eigenvalue weighted by Gasteiger charge is 2.31. The molecular formula is C23H32N4O4S. The lowest BCUT2D eigenvalue weighted by atomic mass is 10.1. The summed E-state index contributed by atoms with van der Waals surface area (Å²) in [4.78, 5) is 12.1. The Morgan fingerprint density at radius 2 is 1.94 bits per heavy atom. The minimum Gasteiger partial charge on any atom is -0.444 e. The standard InChI is InChI=1S/C23H32N4O4S/c1-6-25-17(2)7-8-18-15-21(10-9-19(18)16-24)32(29,30)27-13-11-20(12-14-27)26-22(28)31-23(3,4)5/h9-10,15,17,20,25H,6,11-14H2,1-5H3,(H,26,28). The van der Waals surface area contributed by atoms with Crippen molar-refractivity contribution in [2.24, 2.45) is 0 Å². The first-order valence-electron chi connectivity index (χ1n) is 10.7. The van der Waals surface area contributed by atoms with Gasteiger partial charge < -0.3 is 15.4 Å². The number of amides is 1. The average Bonchev–Trinajstić information content (AvgIpc) is 2.71. The predicted molar refractivity (Wildman–Crippen MR) is 122 cm³/mol.